The van der Waals surface area contributed by atoms with Crippen LogP contribution in [0.25, 0.3) is 21.7 Å². The van der Waals surface area contributed by atoms with Crippen LogP contribution in [0.15, 0.2) is 29.6 Å². The van der Waals surface area contributed by atoms with E-state index in [-0.39, 0.29) is 0 Å². The van der Waals surface area contributed by atoms with Crippen LogP contribution >= 0.6 is 22.9 Å². The molecule has 0 radical (unpaired) electrons. The standard InChI is InChI=1S/C12H9ClN2OS/c1-16-7-5-10(17-6-7)12-14-9-4-2-3-8(13)11(9)15-12/h2-6H,1H3,(H,14,15). The fraction of sp³-hybridized carbons (Fsp3) is 0.0833. The largest absolute Gasteiger partial charge is 0.496 e. The summed E-state index contributed by atoms with van der Waals surface area (Å²) in [6, 6.07) is 7.66. The molecular formula is C12H9ClN2OS. The van der Waals surface area contributed by atoms with Crippen LogP contribution in [-0.2, 0) is 0 Å². The van der Waals surface area contributed by atoms with Gasteiger partial charge in [-0.15, -0.1) is 11.3 Å². The second kappa shape index (κ2) is 4.05. The van der Waals surface area contributed by atoms with Gasteiger partial charge < -0.3 is 9.72 Å². The maximum atomic E-state index is 6.09. The van der Waals surface area contributed by atoms with Gasteiger partial charge in [0.15, 0.2) is 0 Å². The number of thiophene rings is 1. The third-order valence-corrected chi connectivity index (χ3v) is 3.73. The molecule has 0 aliphatic carbocycles. The van der Waals surface area contributed by atoms with Crippen molar-refractivity contribution in [3.05, 3.63) is 34.7 Å². The van der Waals surface area contributed by atoms with Crippen LogP contribution in [0.1, 0.15) is 0 Å². The van der Waals surface area contributed by atoms with Crippen molar-refractivity contribution in [2.24, 2.45) is 0 Å². The van der Waals surface area contributed by atoms with Gasteiger partial charge in [-0.05, 0) is 12.1 Å². The third kappa shape index (κ3) is 1.79. The van der Waals surface area contributed by atoms with E-state index in [0.29, 0.717) is 5.02 Å². The molecule has 17 heavy (non-hydrogen) atoms. The minimum atomic E-state index is 0.661. The molecule has 3 aromatic rings. The number of ether oxygens (including phenoxy) is 1. The molecular weight excluding hydrogens is 256 g/mol. The third-order valence-electron chi connectivity index (χ3n) is 2.51. The number of rotatable bonds is 2. The number of nitrogens with one attached hydrogen (secondary N) is 1. The van der Waals surface area contributed by atoms with Gasteiger partial charge in [0.25, 0.3) is 0 Å². The van der Waals surface area contributed by atoms with Crippen LogP contribution < -0.4 is 4.74 Å². The van der Waals surface area contributed by atoms with E-state index in [1.54, 1.807) is 18.4 Å². The van der Waals surface area contributed by atoms with Crippen molar-refractivity contribution < 1.29 is 4.74 Å². The maximum Gasteiger partial charge on any atom is 0.148 e. The van der Waals surface area contributed by atoms with Crippen molar-refractivity contribution in [3.8, 4) is 16.5 Å². The molecule has 3 nitrogen and oxygen atoms in total. The summed E-state index contributed by atoms with van der Waals surface area (Å²) in [5.74, 6) is 1.66. The predicted octanol–water partition coefficient (Wildman–Crippen LogP) is 3.95. The van der Waals surface area contributed by atoms with Crippen LogP contribution in [0, 0.1) is 0 Å². The van der Waals surface area contributed by atoms with Gasteiger partial charge in [-0.3, -0.25) is 0 Å². The molecule has 1 aromatic carbocycles. The molecule has 2 heterocycles. The van der Waals surface area contributed by atoms with E-state index >= 15 is 0 Å². The smallest absolute Gasteiger partial charge is 0.148 e. The molecule has 1 N–H and O–H groups in total. The number of benzene rings is 1. The molecule has 0 amide bonds. The lowest BCUT2D eigenvalue weighted by molar-refractivity contribution is 0.417. The Kier molecular flexibility index (Phi) is 2.53. The number of fused-ring (bicyclic) bond motifs is 1. The zero-order valence-electron chi connectivity index (χ0n) is 9.03. The number of methoxy groups -OCH3 is 1. The Hall–Kier alpha value is -1.52. The lowest BCUT2D eigenvalue weighted by Gasteiger charge is -1.90. The summed E-state index contributed by atoms with van der Waals surface area (Å²) in [4.78, 5) is 8.78. The summed E-state index contributed by atoms with van der Waals surface area (Å²) >= 11 is 7.67. The van der Waals surface area contributed by atoms with Crippen LogP contribution in [-0.4, -0.2) is 17.1 Å². The van der Waals surface area contributed by atoms with Gasteiger partial charge in [0.1, 0.15) is 17.1 Å². The van der Waals surface area contributed by atoms with E-state index in [0.717, 1.165) is 27.5 Å². The number of nitrogens with zero attached hydrogens (tertiary/aromatic N) is 1. The van der Waals surface area contributed by atoms with E-state index in [1.165, 1.54) is 0 Å². The monoisotopic (exact) mass is 264 g/mol. The maximum absolute atomic E-state index is 6.09. The predicted molar refractivity (Wildman–Crippen MR) is 71.0 cm³/mol. The highest BCUT2D eigenvalue weighted by molar-refractivity contribution is 7.13. The number of halogens is 1. The number of para-hydroxylation sites is 1. The second-order valence-corrected chi connectivity index (χ2v) is 4.89. The second-order valence-electron chi connectivity index (χ2n) is 3.57. The van der Waals surface area contributed by atoms with Gasteiger partial charge >= 0.3 is 0 Å². The molecule has 0 saturated heterocycles. The molecule has 0 spiro atoms. The lowest BCUT2D eigenvalue weighted by Crippen LogP contribution is -1.77. The molecule has 0 saturated carbocycles. The van der Waals surface area contributed by atoms with Crippen molar-refractivity contribution in [3.63, 3.8) is 0 Å². The van der Waals surface area contributed by atoms with Crippen LogP contribution in [0.2, 0.25) is 5.02 Å². The highest BCUT2D eigenvalue weighted by atomic mass is 35.5. The first-order chi connectivity index (χ1) is 8.28. The average molecular weight is 265 g/mol. The van der Waals surface area contributed by atoms with Gasteiger partial charge in [-0.25, -0.2) is 4.98 Å². The summed E-state index contributed by atoms with van der Waals surface area (Å²) in [5.41, 5.74) is 1.75. The summed E-state index contributed by atoms with van der Waals surface area (Å²) in [7, 11) is 1.65. The Morgan fingerprint density at radius 2 is 2.29 bits per heavy atom. The van der Waals surface area contributed by atoms with Crippen LogP contribution in [0.4, 0.5) is 0 Å². The summed E-state index contributed by atoms with van der Waals surface area (Å²) < 4.78 is 5.16. The lowest BCUT2D eigenvalue weighted by atomic mass is 10.3. The normalized spacial score (nSPS) is 10.9. The number of imidazole rings is 1. The highest BCUT2D eigenvalue weighted by Crippen LogP contribution is 2.31. The van der Waals surface area contributed by atoms with Crippen molar-refractivity contribution in [1.82, 2.24) is 9.97 Å². The van der Waals surface area contributed by atoms with Gasteiger partial charge in [0.05, 0.1) is 22.5 Å². The zero-order chi connectivity index (χ0) is 11.8. The molecule has 0 unspecified atom stereocenters. The SMILES string of the molecule is COc1csc(-c2nc3c(Cl)cccc3[nH]2)c1. The Labute approximate surface area is 107 Å². The Morgan fingerprint density at radius 3 is 3.00 bits per heavy atom. The Balaban J connectivity index is 2.14. The van der Waals surface area contributed by atoms with Crippen molar-refractivity contribution in [2.45, 2.75) is 0 Å². The summed E-state index contributed by atoms with van der Waals surface area (Å²) in [5, 5.41) is 2.61. The van der Waals surface area contributed by atoms with E-state index in [9.17, 15) is 0 Å². The van der Waals surface area contributed by atoms with Gasteiger partial charge in [0, 0.05) is 11.4 Å². The first kappa shape index (κ1) is 10.6. The number of H-pyrrole nitrogens is 1. The molecule has 0 fully saturated rings. The molecule has 0 bridgehead atoms. The molecule has 2 aromatic heterocycles. The summed E-state index contributed by atoms with van der Waals surface area (Å²) in [6.07, 6.45) is 0. The number of aromatic amines is 1. The van der Waals surface area contributed by atoms with E-state index in [2.05, 4.69) is 9.97 Å². The van der Waals surface area contributed by atoms with Gasteiger partial charge in [-0.2, -0.15) is 0 Å². The highest BCUT2D eigenvalue weighted by Gasteiger charge is 2.09. The molecule has 5 heteroatoms. The number of hydrogen-bond acceptors (Lipinski definition) is 3. The minimum Gasteiger partial charge on any atom is -0.496 e. The van der Waals surface area contributed by atoms with E-state index in [1.807, 2.05) is 29.6 Å². The van der Waals surface area contributed by atoms with Crippen LogP contribution in [0.3, 0.4) is 0 Å². The molecule has 86 valence electrons. The van der Waals surface area contributed by atoms with Crippen LogP contribution in [0.5, 0.6) is 5.75 Å². The quantitative estimate of drug-likeness (QED) is 0.761. The molecule has 0 aliphatic rings. The van der Waals surface area contributed by atoms with E-state index in [4.69, 9.17) is 16.3 Å². The first-order valence-electron chi connectivity index (χ1n) is 5.05. The first-order valence-corrected chi connectivity index (χ1v) is 6.31. The van der Waals surface area contributed by atoms with Gasteiger partial charge in [-0.1, -0.05) is 17.7 Å². The fourth-order valence-electron chi connectivity index (χ4n) is 1.66. The topological polar surface area (TPSA) is 37.9 Å². The summed E-state index contributed by atoms with van der Waals surface area (Å²) in [6.45, 7) is 0. The van der Waals surface area contributed by atoms with Crippen molar-refractivity contribution in [2.75, 3.05) is 7.11 Å². The van der Waals surface area contributed by atoms with Crippen molar-refractivity contribution >= 4 is 34.0 Å². The van der Waals surface area contributed by atoms with Crippen molar-refractivity contribution in [1.29, 1.82) is 0 Å². The fourth-order valence-corrected chi connectivity index (χ4v) is 2.68. The molecule has 0 atom stereocenters. The number of aromatic nitrogens is 2. The van der Waals surface area contributed by atoms with Gasteiger partial charge in [0.2, 0.25) is 0 Å². The molecule has 0 aliphatic heterocycles. The number of hydrogen-bond donors (Lipinski definition) is 1. The Bertz CT molecular complexity index is 674. The average Bonchev–Trinajstić information content (AvgIpc) is 2.95. The minimum absolute atomic E-state index is 0.661. The zero-order valence-corrected chi connectivity index (χ0v) is 10.6. The Morgan fingerprint density at radius 1 is 1.41 bits per heavy atom. The van der Waals surface area contributed by atoms with E-state index < -0.39 is 0 Å². The molecule has 3 rings (SSSR count).